The van der Waals surface area contributed by atoms with Gasteiger partial charge in [0.25, 0.3) is 10.2 Å². The highest BCUT2D eigenvalue weighted by Crippen LogP contribution is 2.00. The van der Waals surface area contributed by atoms with Gasteiger partial charge in [0.05, 0.1) is 6.54 Å². The molecule has 0 aliphatic carbocycles. The van der Waals surface area contributed by atoms with Crippen LogP contribution in [0, 0.1) is 18.3 Å². The lowest BCUT2D eigenvalue weighted by Crippen LogP contribution is -2.42. The third kappa shape index (κ3) is 5.78. The van der Waals surface area contributed by atoms with E-state index in [1.54, 1.807) is 0 Å². The third-order valence-electron chi connectivity index (χ3n) is 1.75. The van der Waals surface area contributed by atoms with Crippen LogP contribution in [0.1, 0.15) is 27.2 Å². The topological polar surface area (TPSA) is 49.4 Å². The molecule has 0 atom stereocenters. The molecule has 88 valence electrons. The van der Waals surface area contributed by atoms with Crippen LogP contribution in [-0.4, -0.2) is 32.4 Å². The summed E-state index contributed by atoms with van der Waals surface area (Å²) in [7, 11) is -3.40. The molecular weight excluding hydrogens is 212 g/mol. The zero-order valence-corrected chi connectivity index (χ0v) is 10.5. The summed E-state index contributed by atoms with van der Waals surface area (Å²) in [5.41, 5.74) is 0. The van der Waals surface area contributed by atoms with Gasteiger partial charge in [0.2, 0.25) is 0 Å². The average molecular weight is 232 g/mol. The van der Waals surface area contributed by atoms with Gasteiger partial charge in [-0.1, -0.05) is 26.7 Å². The van der Waals surface area contributed by atoms with Gasteiger partial charge < -0.3 is 0 Å². The normalized spacial score (nSPS) is 12.0. The highest BCUT2D eigenvalue weighted by atomic mass is 32.2. The van der Waals surface area contributed by atoms with E-state index in [0.717, 1.165) is 6.42 Å². The summed E-state index contributed by atoms with van der Waals surface area (Å²) in [5.74, 6) is 2.64. The van der Waals surface area contributed by atoms with Gasteiger partial charge in [-0.25, -0.2) is 4.72 Å². The van der Waals surface area contributed by atoms with Gasteiger partial charge in [-0.3, -0.25) is 0 Å². The third-order valence-corrected chi connectivity index (χ3v) is 3.28. The van der Waals surface area contributed by atoms with Gasteiger partial charge in [0, 0.05) is 13.1 Å². The van der Waals surface area contributed by atoms with Crippen LogP contribution in [0.5, 0.6) is 0 Å². The molecule has 0 spiro atoms. The van der Waals surface area contributed by atoms with Crippen LogP contribution in [0.2, 0.25) is 0 Å². The van der Waals surface area contributed by atoms with Crippen molar-refractivity contribution in [2.45, 2.75) is 27.2 Å². The van der Waals surface area contributed by atoms with Crippen LogP contribution in [0.3, 0.4) is 0 Å². The second-order valence-electron chi connectivity index (χ2n) is 3.79. The highest BCUT2D eigenvalue weighted by Gasteiger charge is 2.19. The molecule has 0 unspecified atom stereocenters. The van der Waals surface area contributed by atoms with Crippen LogP contribution >= 0.6 is 0 Å². The average Bonchev–Trinajstić information content (AvgIpc) is 2.15. The molecule has 0 heterocycles. The van der Waals surface area contributed by atoms with Crippen molar-refractivity contribution in [1.29, 1.82) is 0 Å². The molecule has 0 bridgehead atoms. The van der Waals surface area contributed by atoms with Crippen LogP contribution in [0.4, 0.5) is 0 Å². The molecule has 0 amide bonds. The Morgan fingerprint density at radius 2 is 2.07 bits per heavy atom. The molecule has 4 nitrogen and oxygen atoms in total. The van der Waals surface area contributed by atoms with Crippen LogP contribution < -0.4 is 4.72 Å². The van der Waals surface area contributed by atoms with E-state index in [1.165, 1.54) is 4.31 Å². The molecule has 1 N–H and O–H groups in total. The molecule has 0 saturated carbocycles. The first-order valence-corrected chi connectivity index (χ1v) is 6.56. The fourth-order valence-corrected chi connectivity index (χ4v) is 2.39. The summed E-state index contributed by atoms with van der Waals surface area (Å²) in [6, 6.07) is 0. The van der Waals surface area contributed by atoms with Crippen molar-refractivity contribution in [1.82, 2.24) is 9.03 Å². The minimum atomic E-state index is -3.40. The predicted molar refractivity (Wildman–Crippen MR) is 62.5 cm³/mol. The van der Waals surface area contributed by atoms with E-state index in [2.05, 4.69) is 10.6 Å². The SMILES string of the molecule is C#CCN(CCC)S(=O)(=O)NCC(C)C. The van der Waals surface area contributed by atoms with Crippen LogP contribution in [0.25, 0.3) is 0 Å². The maximum absolute atomic E-state index is 11.7. The summed E-state index contributed by atoms with van der Waals surface area (Å²) in [5, 5.41) is 0. The monoisotopic (exact) mass is 232 g/mol. The van der Waals surface area contributed by atoms with Gasteiger partial charge >= 0.3 is 0 Å². The Bertz CT molecular complexity index is 304. The molecule has 0 radical (unpaired) electrons. The standard InChI is InChI=1S/C10H20N2O2S/c1-5-7-12(8-6-2)15(13,14)11-9-10(3)4/h1,10-11H,6-9H2,2-4H3. The van der Waals surface area contributed by atoms with E-state index < -0.39 is 10.2 Å². The van der Waals surface area contributed by atoms with Crippen molar-refractivity contribution >= 4 is 10.2 Å². The van der Waals surface area contributed by atoms with E-state index in [9.17, 15) is 8.42 Å². The maximum Gasteiger partial charge on any atom is 0.280 e. The minimum Gasteiger partial charge on any atom is -0.202 e. The summed E-state index contributed by atoms with van der Waals surface area (Å²) < 4.78 is 27.3. The quantitative estimate of drug-likeness (QED) is 0.661. The lowest BCUT2D eigenvalue weighted by Gasteiger charge is -2.20. The second-order valence-corrected chi connectivity index (χ2v) is 5.54. The Hall–Kier alpha value is -0.570. The van der Waals surface area contributed by atoms with Crippen LogP contribution in [0.15, 0.2) is 0 Å². The van der Waals surface area contributed by atoms with Crippen molar-refractivity contribution in [2.75, 3.05) is 19.6 Å². The van der Waals surface area contributed by atoms with Gasteiger partial charge in [-0.15, -0.1) is 6.42 Å². The minimum absolute atomic E-state index is 0.126. The first kappa shape index (κ1) is 14.4. The molecule has 0 saturated heterocycles. The molecule has 0 aromatic heterocycles. The zero-order valence-electron chi connectivity index (χ0n) is 9.66. The summed E-state index contributed by atoms with van der Waals surface area (Å²) in [6.07, 6.45) is 5.88. The fraction of sp³-hybridized carbons (Fsp3) is 0.800. The van der Waals surface area contributed by atoms with Crippen molar-refractivity contribution in [3.05, 3.63) is 0 Å². The van der Waals surface area contributed by atoms with Gasteiger partial charge in [0.1, 0.15) is 0 Å². The number of rotatable bonds is 7. The fourth-order valence-electron chi connectivity index (χ4n) is 0.999. The first-order valence-electron chi connectivity index (χ1n) is 5.12. The molecule has 15 heavy (non-hydrogen) atoms. The lowest BCUT2D eigenvalue weighted by molar-refractivity contribution is 0.431. The summed E-state index contributed by atoms with van der Waals surface area (Å²) in [4.78, 5) is 0. The largest absolute Gasteiger partial charge is 0.280 e. The second kappa shape index (κ2) is 6.83. The van der Waals surface area contributed by atoms with Crippen molar-refractivity contribution in [3.8, 4) is 12.3 Å². The van der Waals surface area contributed by atoms with Crippen molar-refractivity contribution < 1.29 is 8.42 Å². The van der Waals surface area contributed by atoms with Gasteiger partial charge in [-0.2, -0.15) is 12.7 Å². The Kier molecular flexibility index (Phi) is 6.57. The molecule has 0 aliphatic rings. The molecule has 0 aliphatic heterocycles. The Labute approximate surface area is 93.2 Å². The predicted octanol–water partition coefficient (Wildman–Crippen LogP) is 0.822. The molecule has 0 aromatic carbocycles. The molecular formula is C10H20N2O2S. The first-order chi connectivity index (χ1) is 6.94. The van der Waals surface area contributed by atoms with Crippen molar-refractivity contribution in [2.24, 2.45) is 5.92 Å². The van der Waals surface area contributed by atoms with Crippen LogP contribution in [-0.2, 0) is 10.2 Å². The lowest BCUT2D eigenvalue weighted by atomic mass is 10.2. The van der Waals surface area contributed by atoms with E-state index in [1.807, 2.05) is 20.8 Å². The summed E-state index contributed by atoms with van der Waals surface area (Å²) >= 11 is 0. The number of nitrogens with zero attached hydrogens (tertiary/aromatic N) is 1. The van der Waals surface area contributed by atoms with Crippen molar-refractivity contribution in [3.63, 3.8) is 0 Å². The van der Waals surface area contributed by atoms with Gasteiger partial charge in [0.15, 0.2) is 0 Å². The Morgan fingerprint density at radius 1 is 1.47 bits per heavy atom. The molecule has 0 aromatic rings. The smallest absolute Gasteiger partial charge is 0.202 e. The van der Waals surface area contributed by atoms with E-state index in [4.69, 9.17) is 6.42 Å². The van der Waals surface area contributed by atoms with E-state index in [0.29, 0.717) is 13.1 Å². The zero-order chi connectivity index (χ0) is 11.9. The number of hydrogen-bond acceptors (Lipinski definition) is 2. The Morgan fingerprint density at radius 3 is 2.47 bits per heavy atom. The van der Waals surface area contributed by atoms with E-state index in [-0.39, 0.29) is 12.5 Å². The van der Waals surface area contributed by atoms with Gasteiger partial charge in [-0.05, 0) is 12.3 Å². The number of hydrogen-bond donors (Lipinski definition) is 1. The molecule has 5 heteroatoms. The molecule has 0 fully saturated rings. The maximum atomic E-state index is 11.7. The molecule has 0 rings (SSSR count). The Balaban J connectivity index is 4.44. The number of nitrogens with one attached hydrogen (secondary N) is 1. The van der Waals surface area contributed by atoms with E-state index >= 15 is 0 Å². The highest BCUT2D eigenvalue weighted by molar-refractivity contribution is 7.87. The number of terminal acetylenes is 1. The summed E-state index contributed by atoms with van der Waals surface area (Å²) in [6.45, 7) is 6.84.